The molecule has 0 aliphatic carbocycles. The third kappa shape index (κ3) is 2.45. The van der Waals surface area contributed by atoms with Crippen LogP contribution in [0.2, 0.25) is 0 Å². The van der Waals surface area contributed by atoms with Gasteiger partial charge in [-0.1, -0.05) is 18.2 Å². The molecule has 6 heteroatoms. The normalized spacial score (nSPS) is 14.4. The molecule has 2 aromatic rings. The molecule has 1 N–H and O–H groups in total. The molecule has 1 aromatic heterocycles. The van der Waals surface area contributed by atoms with Crippen molar-refractivity contribution in [2.24, 2.45) is 4.99 Å². The van der Waals surface area contributed by atoms with E-state index in [-0.39, 0.29) is 17.0 Å². The minimum absolute atomic E-state index is 0.0996. The first-order valence-corrected chi connectivity index (χ1v) is 7.91. The van der Waals surface area contributed by atoms with Crippen molar-refractivity contribution in [1.82, 2.24) is 9.13 Å². The van der Waals surface area contributed by atoms with Gasteiger partial charge >= 0.3 is 0 Å². The highest BCUT2D eigenvalue weighted by molar-refractivity contribution is 7.71. The van der Waals surface area contributed by atoms with E-state index in [0.29, 0.717) is 17.9 Å². The number of allylic oxidation sites excluding steroid dienone is 1. The van der Waals surface area contributed by atoms with Crippen LogP contribution in [0.5, 0.6) is 5.88 Å². The monoisotopic (exact) mass is 327 g/mol. The van der Waals surface area contributed by atoms with Crippen LogP contribution >= 0.6 is 12.2 Å². The molecule has 0 saturated heterocycles. The summed E-state index contributed by atoms with van der Waals surface area (Å²) in [6, 6.07) is 7.69. The lowest BCUT2D eigenvalue weighted by Gasteiger charge is -2.14. The van der Waals surface area contributed by atoms with E-state index in [1.165, 1.54) is 4.57 Å². The van der Waals surface area contributed by atoms with Crippen molar-refractivity contribution in [2.45, 2.75) is 26.9 Å². The van der Waals surface area contributed by atoms with Gasteiger partial charge in [0.05, 0.1) is 5.69 Å². The van der Waals surface area contributed by atoms with Gasteiger partial charge in [-0.3, -0.25) is 18.9 Å². The van der Waals surface area contributed by atoms with Gasteiger partial charge in [0.1, 0.15) is 5.56 Å². The van der Waals surface area contributed by atoms with Gasteiger partial charge in [0.15, 0.2) is 4.77 Å². The SMILES string of the molecule is CCn1c(O)c(C=C2C=Nc3ccccc32)c(=O)n(CC)c1=S. The second-order valence-corrected chi connectivity index (χ2v) is 5.55. The van der Waals surface area contributed by atoms with Crippen LogP contribution in [-0.2, 0) is 13.1 Å². The van der Waals surface area contributed by atoms with E-state index in [0.717, 1.165) is 16.8 Å². The second-order valence-electron chi connectivity index (χ2n) is 5.19. The molecule has 0 spiro atoms. The summed E-state index contributed by atoms with van der Waals surface area (Å²) in [6.45, 7) is 4.69. The number of benzene rings is 1. The average Bonchev–Trinajstić information content (AvgIpc) is 2.95. The molecule has 0 saturated carbocycles. The van der Waals surface area contributed by atoms with Gasteiger partial charge in [-0.25, -0.2) is 0 Å². The highest BCUT2D eigenvalue weighted by Crippen LogP contribution is 2.32. The Bertz CT molecular complexity index is 951. The average molecular weight is 327 g/mol. The van der Waals surface area contributed by atoms with Crippen molar-refractivity contribution in [2.75, 3.05) is 0 Å². The lowest BCUT2D eigenvalue weighted by Crippen LogP contribution is -2.26. The van der Waals surface area contributed by atoms with Crippen molar-refractivity contribution in [1.29, 1.82) is 0 Å². The Morgan fingerprint density at radius 3 is 2.61 bits per heavy atom. The van der Waals surface area contributed by atoms with Gasteiger partial charge in [-0.15, -0.1) is 0 Å². The number of fused-ring (bicyclic) bond motifs is 1. The molecule has 5 nitrogen and oxygen atoms in total. The fourth-order valence-electron chi connectivity index (χ4n) is 2.71. The second kappa shape index (κ2) is 5.96. The van der Waals surface area contributed by atoms with E-state index in [2.05, 4.69) is 4.99 Å². The van der Waals surface area contributed by atoms with Crippen LogP contribution in [0.4, 0.5) is 5.69 Å². The first-order valence-electron chi connectivity index (χ1n) is 7.50. The summed E-state index contributed by atoms with van der Waals surface area (Å²) in [6.07, 6.45) is 3.39. The van der Waals surface area contributed by atoms with Crippen molar-refractivity contribution < 1.29 is 5.11 Å². The molecule has 118 valence electrons. The molecular formula is C17H17N3O2S. The molecule has 0 bridgehead atoms. The van der Waals surface area contributed by atoms with Crippen molar-refractivity contribution >= 4 is 35.8 Å². The largest absolute Gasteiger partial charge is 0.494 e. The maximum absolute atomic E-state index is 12.6. The number of rotatable bonds is 3. The minimum Gasteiger partial charge on any atom is -0.494 e. The highest BCUT2D eigenvalue weighted by Gasteiger charge is 2.17. The Balaban J connectivity index is 2.27. The molecule has 0 unspecified atom stereocenters. The Morgan fingerprint density at radius 1 is 1.22 bits per heavy atom. The van der Waals surface area contributed by atoms with Crippen molar-refractivity contribution in [3.63, 3.8) is 0 Å². The third-order valence-electron chi connectivity index (χ3n) is 3.92. The molecule has 0 fully saturated rings. The Morgan fingerprint density at radius 2 is 1.91 bits per heavy atom. The molecule has 23 heavy (non-hydrogen) atoms. The van der Waals surface area contributed by atoms with E-state index in [4.69, 9.17) is 12.2 Å². The molecule has 0 radical (unpaired) electrons. The van der Waals surface area contributed by atoms with Crippen molar-refractivity contribution in [3.8, 4) is 5.88 Å². The first-order chi connectivity index (χ1) is 11.1. The van der Waals surface area contributed by atoms with Crippen LogP contribution in [-0.4, -0.2) is 20.5 Å². The van der Waals surface area contributed by atoms with Crippen LogP contribution in [0.15, 0.2) is 34.1 Å². The number of para-hydroxylation sites is 1. The summed E-state index contributed by atoms with van der Waals surface area (Å²) in [5.74, 6) is -0.0996. The maximum atomic E-state index is 12.6. The lowest BCUT2D eigenvalue weighted by atomic mass is 10.1. The molecule has 1 aromatic carbocycles. The van der Waals surface area contributed by atoms with Crippen LogP contribution < -0.4 is 5.56 Å². The topological polar surface area (TPSA) is 59.5 Å². The molecule has 0 atom stereocenters. The van der Waals surface area contributed by atoms with Gasteiger partial charge in [0.2, 0.25) is 5.88 Å². The van der Waals surface area contributed by atoms with E-state index in [1.54, 1.807) is 16.9 Å². The lowest BCUT2D eigenvalue weighted by molar-refractivity contribution is 0.399. The molecule has 1 aliphatic heterocycles. The summed E-state index contributed by atoms with van der Waals surface area (Å²) in [4.78, 5) is 17.0. The van der Waals surface area contributed by atoms with E-state index >= 15 is 0 Å². The number of hydrogen-bond donors (Lipinski definition) is 1. The quantitative estimate of drug-likeness (QED) is 0.879. The molecule has 1 aliphatic rings. The molecule has 0 amide bonds. The summed E-state index contributed by atoms with van der Waals surface area (Å²) in [7, 11) is 0. The van der Waals surface area contributed by atoms with Crippen LogP contribution in [0.25, 0.3) is 11.6 Å². The number of aromatic nitrogens is 2. The zero-order valence-corrected chi connectivity index (χ0v) is 13.8. The van der Waals surface area contributed by atoms with E-state index in [9.17, 15) is 9.90 Å². The van der Waals surface area contributed by atoms with Gasteiger partial charge in [-0.05, 0) is 38.2 Å². The number of hydrogen-bond acceptors (Lipinski definition) is 4. The Labute approximate surface area is 138 Å². The maximum Gasteiger partial charge on any atom is 0.265 e. The van der Waals surface area contributed by atoms with Gasteiger partial charge in [0.25, 0.3) is 5.56 Å². The number of nitrogens with zero attached hydrogens (tertiary/aromatic N) is 3. The van der Waals surface area contributed by atoms with Gasteiger partial charge in [0, 0.05) is 30.4 Å². The van der Waals surface area contributed by atoms with Gasteiger partial charge < -0.3 is 5.11 Å². The molecule has 3 rings (SSSR count). The van der Waals surface area contributed by atoms with Crippen LogP contribution in [0.1, 0.15) is 25.0 Å². The smallest absolute Gasteiger partial charge is 0.265 e. The standard InChI is InChI=1S/C17H17N3O2S/c1-3-19-15(21)13(16(22)20(4-2)17(19)23)9-11-10-18-14-8-6-5-7-12(11)14/h5-10,21H,3-4H2,1-2H3. The van der Waals surface area contributed by atoms with Gasteiger partial charge in [-0.2, -0.15) is 0 Å². The molecular weight excluding hydrogens is 310 g/mol. The summed E-state index contributed by atoms with van der Waals surface area (Å²) in [5, 5.41) is 10.5. The number of aliphatic imine (C=N–C) groups is 1. The Kier molecular flexibility index (Phi) is 4.00. The van der Waals surface area contributed by atoms with Crippen LogP contribution in [0, 0.1) is 4.77 Å². The predicted octanol–water partition coefficient (Wildman–Crippen LogP) is 3.38. The fraction of sp³-hybridized carbons (Fsp3) is 0.235. The highest BCUT2D eigenvalue weighted by atomic mass is 32.1. The predicted molar refractivity (Wildman–Crippen MR) is 95.0 cm³/mol. The summed E-state index contributed by atoms with van der Waals surface area (Å²) >= 11 is 5.29. The van der Waals surface area contributed by atoms with Crippen molar-refractivity contribution in [3.05, 3.63) is 50.5 Å². The van der Waals surface area contributed by atoms with E-state index < -0.39 is 0 Å². The van der Waals surface area contributed by atoms with E-state index in [1.807, 2.05) is 38.1 Å². The zero-order valence-electron chi connectivity index (χ0n) is 13.0. The minimum atomic E-state index is -0.287. The number of aromatic hydroxyl groups is 1. The fourth-order valence-corrected chi connectivity index (χ4v) is 3.14. The summed E-state index contributed by atoms with van der Waals surface area (Å²) in [5.41, 5.74) is 2.55. The third-order valence-corrected chi connectivity index (χ3v) is 4.36. The Hall–Kier alpha value is -2.47. The molecule has 2 heterocycles. The van der Waals surface area contributed by atoms with Crippen LogP contribution in [0.3, 0.4) is 0 Å². The summed E-state index contributed by atoms with van der Waals surface area (Å²) < 4.78 is 3.38. The first kappa shape index (κ1) is 15.4. The zero-order chi connectivity index (χ0) is 16.6.